The summed E-state index contributed by atoms with van der Waals surface area (Å²) >= 11 is 4.91. The molecule has 110 valence electrons. The Hall–Kier alpha value is -1.98. The number of aromatic nitrogens is 1. The molecule has 0 atom stereocenters. The fraction of sp³-hybridized carbons (Fsp3) is 0.0588. The molecule has 1 heterocycles. The van der Waals surface area contributed by atoms with Gasteiger partial charge >= 0.3 is 5.97 Å². The zero-order valence-electron chi connectivity index (χ0n) is 11.5. The van der Waals surface area contributed by atoms with E-state index in [2.05, 4.69) is 20.9 Å². The second kappa shape index (κ2) is 6.85. The minimum atomic E-state index is -0.373. The number of esters is 1. The second-order valence-electron chi connectivity index (χ2n) is 4.57. The van der Waals surface area contributed by atoms with E-state index in [-0.39, 0.29) is 12.6 Å². The van der Waals surface area contributed by atoms with Gasteiger partial charge in [-0.2, -0.15) is 0 Å². The Morgan fingerprint density at radius 1 is 1.18 bits per heavy atom. The van der Waals surface area contributed by atoms with Gasteiger partial charge < -0.3 is 4.74 Å². The Kier molecular flexibility index (Phi) is 4.65. The van der Waals surface area contributed by atoms with Crippen LogP contribution in [0.2, 0.25) is 0 Å². The number of fused-ring (bicyclic) bond motifs is 1. The predicted molar refractivity (Wildman–Crippen MR) is 92.6 cm³/mol. The quantitative estimate of drug-likeness (QED) is 0.486. The third kappa shape index (κ3) is 3.81. The maximum Gasteiger partial charge on any atom is 0.331 e. The van der Waals surface area contributed by atoms with Crippen molar-refractivity contribution in [2.24, 2.45) is 0 Å². The summed E-state index contributed by atoms with van der Waals surface area (Å²) in [5.74, 6) is -0.373. The zero-order valence-corrected chi connectivity index (χ0v) is 13.9. The van der Waals surface area contributed by atoms with Gasteiger partial charge in [-0.15, -0.1) is 11.3 Å². The first-order chi connectivity index (χ1) is 10.7. The molecule has 3 rings (SSSR count). The topological polar surface area (TPSA) is 39.2 Å². The minimum Gasteiger partial charge on any atom is -0.455 e. The number of hydrogen-bond donors (Lipinski definition) is 0. The van der Waals surface area contributed by atoms with E-state index in [0.717, 1.165) is 25.3 Å². The van der Waals surface area contributed by atoms with Crippen LogP contribution in [0.25, 0.3) is 16.3 Å². The Bertz CT molecular complexity index is 791. The lowest BCUT2D eigenvalue weighted by Gasteiger charge is -1.98. The molecule has 0 spiro atoms. The van der Waals surface area contributed by atoms with Gasteiger partial charge in [0, 0.05) is 10.5 Å². The van der Waals surface area contributed by atoms with Crippen LogP contribution in [0.4, 0.5) is 0 Å². The highest BCUT2D eigenvalue weighted by atomic mass is 79.9. The first-order valence-electron chi connectivity index (χ1n) is 6.65. The summed E-state index contributed by atoms with van der Waals surface area (Å²) in [5.41, 5.74) is 1.88. The van der Waals surface area contributed by atoms with Crippen molar-refractivity contribution < 1.29 is 9.53 Å². The van der Waals surface area contributed by atoms with Crippen molar-refractivity contribution in [2.45, 2.75) is 6.61 Å². The van der Waals surface area contributed by atoms with Crippen LogP contribution in [0.15, 0.2) is 59.1 Å². The number of halogens is 1. The molecular weight excluding hydrogens is 362 g/mol. The molecular formula is C17H12BrNO2S. The lowest BCUT2D eigenvalue weighted by molar-refractivity contribution is -0.138. The molecule has 3 nitrogen and oxygen atoms in total. The van der Waals surface area contributed by atoms with E-state index in [1.54, 1.807) is 6.08 Å². The largest absolute Gasteiger partial charge is 0.455 e. The maximum atomic E-state index is 11.7. The van der Waals surface area contributed by atoms with Crippen molar-refractivity contribution in [1.82, 2.24) is 4.98 Å². The van der Waals surface area contributed by atoms with Crippen LogP contribution in [-0.2, 0) is 16.1 Å². The molecule has 2 aromatic carbocycles. The number of nitrogens with zero attached hydrogens (tertiary/aromatic N) is 1. The molecule has 0 unspecified atom stereocenters. The molecule has 0 saturated carbocycles. The van der Waals surface area contributed by atoms with Gasteiger partial charge in [-0.05, 0) is 35.9 Å². The summed E-state index contributed by atoms with van der Waals surface area (Å²) in [6.45, 7) is 0.197. The lowest BCUT2D eigenvalue weighted by atomic mass is 10.2. The molecule has 1 aromatic heterocycles. The number of rotatable bonds is 4. The predicted octanol–water partition coefficient (Wildman–Crippen LogP) is 4.82. The number of ether oxygens (including phenoxy) is 1. The van der Waals surface area contributed by atoms with Gasteiger partial charge in [0.05, 0.1) is 10.2 Å². The van der Waals surface area contributed by atoms with Crippen LogP contribution < -0.4 is 0 Å². The molecule has 0 amide bonds. The Morgan fingerprint density at radius 3 is 2.73 bits per heavy atom. The summed E-state index contributed by atoms with van der Waals surface area (Å²) in [6, 6.07) is 15.5. The van der Waals surface area contributed by atoms with Crippen molar-refractivity contribution in [3.05, 3.63) is 69.7 Å². The number of para-hydroxylation sites is 1. The van der Waals surface area contributed by atoms with Gasteiger partial charge in [-0.1, -0.05) is 40.2 Å². The van der Waals surface area contributed by atoms with E-state index in [9.17, 15) is 4.79 Å². The third-order valence-electron chi connectivity index (χ3n) is 2.96. The minimum absolute atomic E-state index is 0.197. The molecule has 0 aliphatic heterocycles. The van der Waals surface area contributed by atoms with Gasteiger partial charge in [-0.3, -0.25) is 0 Å². The molecule has 0 fully saturated rings. The molecule has 0 saturated heterocycles. The Morgan fingerprint density at radius 2 is 1.95 bits per heavy atom. The van der Waals surface area contributed by atoms with Crippen LogP contribution >= 0.6 is 27.3 Å². The van der Waals surface area contributed by atoms with Crippen molar-refractivity contribution in [3.8, 4) is 0 Å². The van der Waals surface area contributed by atoms with Crippen molar-refractivity contribution in [1.29, 1.82) is 0 Å². The Balaban J connectivity index is 1.58. The SMILES string of the molecule is O=C(/C=C/c1ccc(Br)cc1)OCc1nc2ccccc2s1. The van der Waals surface area contributed by atoms with Crippen molar-refractivity contribution in [2.75, 3.05) is 0 Å². The summed E-state index contributed by atoms with van der Waals surface area (Å²) in [4.78, 5) is 16.2. The van der Waals surface area contributed by atoms with Crippen LogP contribution in [0.1, 0.15) is 10.6 Å². The van der Waals surface area contributed by atoms with Crippen molar-refractivity contribution in [3.63, 3.8) is 0 Å². The molecule has 3 aromatic rings. The van der Waals surface area contributed by atoms with Crippen LogP contribution in [0.5, 0.6) is 0 Å². The first kappa shape index (κ1) is 14.9. The monoisotopic (exact) mass is 373 g/mol. The maximum absolute atomic E-state index is 11.7. The van der Waals surface area contributed by atoms with E-state index in [1.807, 2.05) is 48.5 Å². The van der Waals surface area contributed by atoms with Crippen LogP contribution in [-0.4, -0.2) is 11.0 Å². The number of carbonyl (C=O) groups excluding carboxylic acids is 1. The van der Waals surface area contributed by atoms with Gasteiger partial charge in [-0.25, -0.2) is 9.78 Å². The number of benzene rings is 2. The normalized spacial score (nSPS) is 11.1. The molecule has 22 heavy (non-hydrogen) atoms. The van der Waals surface area contributed by atoms with Crippen molar-refractivity contribution >= 4 is 49.5 Å². The standard InChI is InChI=1S/C17H12BrNO2S/c18-13-8-5-12(6-9-13)7-10-17(20)21-11-16-19-14-3-1-2-4-15(14)22-16/h1-10H,11H2/b10-7+. The number of hydrogen-bond acceptors (Lipinski definition) is 4. The van der Waals surface area contributed by atoms with E-state index in [1.165, 1.54) is 17.4 Å². The van der Waals surface area contributed by atoms with Crippen LogP contribution in [0.3, 0.4) is 0 Å². The van der Waals surface area contributed by atoms with Gasteiger partial charge in [0.25, 0.3) is 0 Å². The highest BCUT2D eigenvalue weighted by Gasteiger charge is 2.05. The lowest BCUT2D eigenvalue weighted by Crippen LogP contribution is -2.00. The van der Waals surface area contributed by atoms with Gasteiger partial charge in [0.2, 0.25) is 0 Å². The van der Waals surface area contributed by atoms with Crippen LogP contribution in [0, 0.1) is 0 Å². The number of thiazole rings is 1. The second-order valence-corrected chi connectivity index (χ2v) is 6.60. The first-order valence-corrected chi connectivity index (χ1v) is 8.26. The average molecular weight is 374 g/mol. The number of carbonyl (C=O) groups is 1. The van der Waals surface area contributed by atoms with Gasteiger partial charge in [0.15, 0.2) is 0 Å². The fourth-order valence-corrected chi connectivity index (χ4v) is 3.05. The molecule has 0 aliphatic carbocycles. The zero-order chi connectivity index (χ0) is 15.4. The summed E-state index contributed by atoms with van der Waals surface area (Å²) in [5, 5.41) is 0.798. The van der Waals surface area contributed by atoms with E-state index in [0.29, 0.717) is 0 Å². The smallest absolute Gasteiger partial charge is 0.331 e. The summed E-state index contributed by atoms with van der Waals surface area (Å²) in [7, 11) is 0. The molecule has 5 heteroatoms. The molecule has 0 N–H and O–H groups in total. The summed E-state index contributed by atoms with van der Waals surface area (Å²) in [6.07, 6.45) is 3.16. The van der Waals surface area contributed by atoms with E-state index >= 15 is 0 Å². The Labute approximate surface area is 140 Å². The van der Waals surface area contributed by atoms with E-state index in [4.69, 9.17) is 4.74 Å². The summed E-state index contributed by atoms with van der Waals surface area (Å²) < 4.78 is 7.32. The molecule has 0 aliphatic rings. The van der Waals surface area contributed by atoms with Gasteiger partial charge in [0.1, 0.15) is 11.6 Å². The highest BCUT2D eigenvalue weighted by molar-refractivity contribution is 9.10. The highest BCUT2D eigenvalue weighted by Crippen LogP contribution is 2.22. The van der Waals surface area contributed by atoms with E-state index < -0.39 is 0 Å². The third-order valence-corrected chi connectivity index (χ3v) is 4.50. The fourth-order valence-electron chi connectivity index (χ4n) is 1.90. The molecule has 0 radical (unpaired) electrons. The average Bonchev–Trinajstić information content (AvgIpc) is 2.95. The molecule has 0 bridgehead atoms.